The minimum Gasteiger partial charge on any atom is -0.462 e. The van der Waals surface area contributed by atoms with Gasteiger partial charge in [0, 0.05) is 19.5 Å². The SMILES string of the molecule is CC(=O)OC[C@H](OC(C)=O)[C@H]1O[C@H](OCCc2ccc(NC(=O)C(F)(F)F)cc2)[C@@H](OCc2ccccc2)[C@@H](O[C@H]2O[C@H]([C@H](COC(=O)c3ccccc3)OC(=O)c3ccccc3)[C@@H](OC(=O)c3ccccc3)[C@H](OC(=O)c3ccccc3)[C@@H]2OC(=O)c2ccccc2)[C@@H]1O[C@@H]1O[C@H](COC(=O)c2ccccc2)[C@@H](OC(=O)c2ccccc2)[C@H](OC(=O)c2ccccc2)[C@H]1OC(=O)c1ccccc1. The Hall–Kier alpha value is -15.4. The van der Waals surface area contributed by atoms with Crippen molar-refractivity contribution in [3.05, 3.63) is 389 Å². The molecule has 138 heavy (non-hydrogen) atoms. The van der Waals surface area contributed by atoms with Gasteiger partial charge in [-0.2, -0.15) is 13.2 Å². The highest BCUT2D eigenvalue weighted by Gasteiger charge is 2.63. The van der Waals surface area contributed by atoms with Crippen molar-refractivity contribution in [3.63, 3.8) is 0 Å². The van der Waals surface area contributed by atoms with E-state index in [-0.39, 0.29) is 62.2 Å². The molecule has 17 atom stereocenters. The summed E-state index contributed by atoms with van der Waals surface area (Å²) >= 11 is 0. The lowest BCUT2D eigenvalue weighted by Gasteiger charge is -2.52. The highest BCUT2D eigenvalue weighted by Crippen LogP contribution is 2.42. The molecule has 3 heterocycles. The Balaban J connectivity index is 1.03. The highest BCUT2D eigenvalue weighted by molar-refractivity contribution is 5.96. The number of hydrogen-bond donors (Lipinski definition) is 1. The molecule has 3 aliphatic rings. The van der Waals surface area contributed by atoms with Crippen LogP contribution < -0.4 is 5.32 Å². The molecule has 11 aromatic rings. The summed E-state index contributed by atoms with van der Waals surface area (Å²) in [6, 6.07) is 79.2. The van der Waals surface area contributed by atoms with E-state index in [0.29, 0.717) is 11.1 Å². The predicted octanol–water partition coefficient (Wildman–Crippen LogP) is 14.1. The van der Waals surface area contributed by atoms with Crippen LogP contribution in [-0.4, -0.2) is 208 Å². The first kappa shape index (κ1) is 98.6. The highest BCUT2D eigenvalue weighted by atomic mass is 19.4. The van der Waals surface area contributed by atoms with Gasteiger partial charge < -0.3 is 90.6 Å². The second-order valence-electron chi connectivity index (χ2n) is 31.3. The third-order valence-corrected chi connectivity index (χ3v) is 21.7. The molecular weight excluding hydrogens is 1800 g/mol. The first-order chi connectivity index (χ1) is 66.8. The van der Waals surface area contributed by atoms with E-state index in [1.165, 1.54) is 243 Å². The van der Waals surface area contributed by atoms with Crippen LogP contribution >= 0.6 is 0 Å². The number of halogens is 3. The van der Waals surface area contributed by atoms with Crippen LogP contribution in [0.3, 0.4) is 0 Å². The van der Waals surface area contributed by atoms with Gasteiger partial charge in [-0.15, -0.1) is 0 Å². The van der Waals surface area contributed by atoms with Crippen molar-refractivity contribution in [1.29, 1.82) is 0 Å². The molecule has 1 amide bonds. The van der Waals surface area contributed by atoms with Gasteiger partial charge in [0.15, 0.2) is 67.7 Å². The van der Waals surface area contributed by atoms with Crippen molar-refractivity contribution in [2.24, 2.45) is 0 Å². The van der Waals surface area contributed by atoms with Crippen LogP contribution in [-0.2, 0) is 113 Å². The van der Waals surface area contributed by atoms with Gasteiger partial charge >= 0.3 is 77.7 Å². The van der Waals surface area contributed by atoms with Gasteiger partial charge in [-0.05, 0) is 139 Å². The summed E-state index contributed by atoms with van der Waals surface area (Å²) < 4.78 is 162. The first-order valence-electron chi connectivity index (χ1n) is 43.4. The topological polar surface area (TPSA) is 383 Å². The lowest BCUT2D eigenvalue weighted by Crippen LogP contribution is -2.70. The average Bonchev–Trinajstić information content (AvgIpc) is 0.746. The molecule has 712 valence electrons. The molecule has 0 spiro atoms. The molecule has 1 N–H and O–H groups in total. The van der Waals surface area contributed by atoms with Gasteiger partial charge in [0.2, 0.25) is 0 Å². The fourth-order valence-electron chi connectivity index (χ4n) is 15.1. The Bertz CT molecular complexity index is 5930. The normalized spacial score (nSPS) is 21.5. The number of esters is 11. The summed E-state index contributed by atoms with van der Waals surface area (Å²) in [5.74, 6) is -14.8. The number of rotatable bonds is 37. The molecule has 0 bridgehead atoms. The number of benzene rings is 11. The number of nitrogens with one attached hydrogen (secondary N) is 1. The number of anilines is 1. The molecule has 0 radical (unpaired) electrons. The fraction of sp³-hybridized carbons (Fsp3) is 0.250. The van der Waals surface area contributed by atoms with E-state index < -0.39 is 215 Å². The zero-order valence-corrected chi connectivity index (χ0v) is 73.6. The number of carbonyl (C=O) groups is 12. The van der Waals surface area contributed by atoms with E-state index >= 15 is 33.6 Å². The van der Waals surface area contributed by atoms with E-state index in [1.54, 1.807) is 90.2 Å². The second kappa shape index (κ2) is 47.7. The number of amides is 1. The summed E-state index contributed by atoms with van der Waals surface area (Å²) in [4.78, 5) is 177. The number of ether oxygens (including phenoxy) is 18. The molecule has 0 aromatic heterocycles. The van der Waals surface area contributed by atoms with Crippen molar-refractivity contribution in [3.8, 4) is 0 Å². The molecule has 31 nitrogen and oxygen atoms in total. The van der Waals surface area contributed by atoms with Gasteiger partial charge in [0.25, 0.3) is 0 Å². The molecule has 3 aliphatic heterocycles. The zero-order valence-electron chi connectivity index (χ0n) is 73.6. The lowest BCUT2D eigenvalue weighted by molar-refractivity contribution is -0.395. The van der Waals surface area contributed by atoms with E-state index in [9.17, 15) is 37.1 Å². The maximum Gasteiger partial charge on any atom is 0.471 e. The van der Waals surface area contributed by atoms with Crippen molar-refractivity contribution in [2.45, 2.75) is 137 Å². The summed E-state index contributed by atoms with van der Waals surface area (Å²) in [7, 11) is 0. The van der Waals surface area contributed by atoms with Crippen LogP contribution in [0.5, 0.6) is 0 Å². The number of hydrogen-bond acceptors (Lipinski definition) is 30. The Labute approximate surface area is 787 Å². The van der Waals surface area contributed by atoms with E-state index in [0.717, 1.165) is 13.8 Å². The Morgan fingerprint density at radius 1 is 0.304 bits per heavy atom. The Morgan fingerprint density at radius 3 is 1.05 bits per heavy atom. The number of alkyl halides is 3. The predicted molar refractivity (Wildman–Crippen MR) is 477 cm³/mol. The molecule has 0 aliphatic carbocycles. The van der Waals surface area contributed by atoms with Crippen LogP contribution in [0.1, 0.15) is 118 Å². The largest absolute Gasteiger partial charge is 0.471 e. The summed E-state index contributed by atoms with van der Waals surface area (Å²) in [6.07, 6.45) is -44.0. The molecule has 11 aromatic carbocycles. The van der Waals surface area contributed by atoms with E-state index in [4.69, 9.17) is 85.3 Å². The average molecular weight is 1890 g/mol. The lowest BCUT2D eigenvalue weighted by atomic mass is 9.92. The van der Waals surface area contributed by atoms with E-state index in [2.05, 4.69) is 0 Å². The Kier molecular flexibility index (Phi) is 34.0. The van der Waals surface area contributed by atoms with Crippen molar-refractivity contribution in [2.75, 3.05) is 31.7 Å². The van der Waals surface area contributed by atoms with Gasteiger partial charge in [0.1, 0.15) is 56.4 Å². The number of carbonyl (C=O) groups excluding carboxylic acids is 12. The maximum absolute atomic E-state index is 15.7. The molecule has 3 saturated heterocycles. The molecule has 0 saturated carbocycles. The fourth-order valence-corrected chi connectivity index (χ4v) is 15.1. The molecule has 14 rings (SSSR count). The van der Waals surface area contributed by atoms with Gasteiger partial charge in [0.05, 0.1) is 63.3 Å². The third-order valence-electron chi connectivity index (χ3n) is 21.7. The van der Waals surface area contributed by atoms with Crippen LogP contribution in [0.15, 0.2) is 328 Å². The standard InChI is InChI=1S/C104H90F3NO30/c1-63(109)122-60-77(126-64(2)110)81-84(137-101-89(133-98(118)74-49-29-11-30-50-74)85(131-96(116)72-45-25-9-26-46-72)80(129-94(114)70-41-21-7-22-42-70)79(128-101)62-125-92(112)68-37-17-5-18-38-68)86(88(123-59-66-33-13-3-14-34-66)100(135-81)121-58-57-65-53-55-76(56-54-65)108-103(120)104(105,106)107)138-102-90(134-99(119)75-51-31-12-32-52-75)87(132-97(117)73-47-27-10-28-48-73)83(130-95(115)71-43-23-8-24-44-71)82(136-102)78(127-93(113)69-39-19-6-20-40-69)61-124-91(111)67-35-15-4-16-36-67/h3-56,77-90,100-102H,57-62H2,1-2H3,(H,108,120)/t77-,78-,79+,80+,81+,82+,83+,84+,85-,86-,87-,88-,89+,90-,100-,101-,102+/m0/s1. The minimum atomic E-state index is -5.28. The van der Waals surface area contributed by atoms with Crippen LogP contribution in [0.4, 0.5) is 18.9 Å². The minimum absolute atomic E-state index is 0.0234. The maximum atomic E-state index is 15.7. The van der Waals surface area contributed by atoms with Crippen LogP contribution in [0.25, 0.3) is 0 Å². The monoisotopic (exact) mass is 1890 g/mol. The van der Waals surface area contributed by atoms with Crippen molar-refractivity contribution < 1.29 is 156 Å². The smallest absolute Gasteiger partial charge is 0.462 e. The van der Waals surface area contributed by atoms with E-state index in [1.807, 2.05) is 0 Å². The van der Waals surface area contributed by atoms with Gasteiger partial charge in [-0.1, -0.05) is 206 Å². The quantitative estimate of drug-likeness (QED) is 0.0279. The van der Waals surface area contributed by atoms with Crippen LogP contribution in [0.2, 0.25) is 0 Å². The molecule has 3 fully saturated rings. The van der Waals surface area contributed by atoms with Gasteiger partial charge in [-0.3, -0.25) is 14.4 Å². The first-order valence-corrected chi connectivity index (χ1v) is 43.4. The third kappa shape index (κ3) is 26.6. The summed E-state index contributed by atoms with van der Waals surface area (Å²) in [5.41, 5.74) is -0.765. The molecular formula is C104H90F3NO30. The zero-order chi connectivity index (χ0) is 97.0. The van der Waals surface area contributed by atoms with Crippen molar-refractivity contribution in [1.82, 2.24) is 0 Å². The molecule has 0 unspecified atom stereocenters. The Morgan fingerprint density at radius 2 is 0.638 bits per heavy atom. The van der Waals surface area contributed by atoms with Crippen molar-refractivity contribution >= 4 is 77.3 Å². The van der Waals surface area contributed by atoms with Crippen LogP contribution in [0, 0.1) is 0 Å². The molecule has 34 heteroatoms. The summed E-state index contributed by atoms with van der Waals surface area (Å²) in [5, 5.41) is 1.79. The second-order valence-corrected chi connectivity index (χ2v) is 31.3. The van der Waals surface area contributed by atoms with Gasteiger partial charge in [-0.25, -0.2) is 43.2 Å². The summed E-state index contributed by atoms with van der Waals surface area (Å²) in [6.45, 7) is -2.17.